The number of carbonyl (C=O) groups excluding carboxylic acids is 1. The molecule has 60 valence electrons. The normalized spacial score (nSPS) is 9.82. The van der Waals surface area contributed by atoms with Gasteiger partial charge in [0, 0.05) is 25.1 Å². The number of aromatic nitrogens is 1. The third-order valence-corrected chi connectivity index (χ3v) is 1.41. The fraction of sp³-hybridized carbons (Fsp3) is 0.286. The molecule has 11 heavy (non-hydrogen) atoms. The monoisotopic (exact) mass is 155 g/mol. The zero-order valence-electron chi connectivity index (χ0n) is 5.90. The van der Waals surface area contributed by atoms with Gasteiger partial charge < -0.3 is 15.0 Å². The lowest BCUT2D eigenvalue weighted by molar-refractivity contribution is -0.108. The molecule has 0 radical (unpaired) electrons. The molecule has 1 aromatic heterocycles. The van der Waals surface area contributed by atoms with Crippen LogP contribution < -0.4 is 0 Å². The summed E-state index contributed by atoms with van der Waals surface area (Å²) >= 11 is 0. The maximum atomic E-state index is 9.95. The lowest BCUT2D eigenvalue weighted by Gasteiger charge is -2.02. The van der Waals surface area contributed by atoms with E-state index in [1.165, 1.54) is 16.7 Å². The lowest BCUT2D eigenvalue weighted by atomic mass is 10.5. The Kier molecular flexibility index (Phi) is 2.15. The predicted octanol–water partition coefficient (Wildman–Crippen LogP) is 0.488. The predicted molar refractivity (Wildman–Crippen MR) is 38.4 cm³/mol. The van der Waals surface area contributed by atoms with Crippen molar-refractivity contribution in [3.63, 3.8) is 0 Å². The van der Waals surface area contributed by atoms with Crippen molar-refractivity contribution in [2.75, 3.05) is 0 Å². The van der Waals surface area contributed by atoms with Gasteiger partial charge in [-0.3, -0.25) is 4.57 Å². The molecule has 0 saturated carbocycles. The van der Waals surface area contributed by atoms with Crippen molar-refractivity contribution in [1.29, 1.82) is 0 Å². The molecule has 0 aliphatic heterocycles. The SMILES string of the molecule is O=CCCn1c(O)ccc1O. The molecule has 0 aliphatic carbocycles. The highest BCUT2D eigenvalue weighted by atomic mass is 16.3. The zero-order chi connectivity index (χ0) is 8.27. The minimum atomic E-state index is -0.0237. The van der Waals surface area contributed by atoms with Crippen LogP contribution in [-0.4, -0.2) is 21.1 Å². The van der Waals surface area contributed by atoms with Crippen LogP contribution in [0.25, 0.3) is 0 Å². The summed E-state index contributed by atoms with van der Waals surface area (Å²) in [4.78, 5) is 9.95. The highest BCUT2D eigenvalue weighted by Gasteiger charge is 2.03. The molecule has 4 heteroatoms. The molecule has 0 atom stereocenters. The topological polar surface area (TPSA) is 62.5 Å². The third kappa shape index (κ3) is 1.52. The number of carbonyl (C=O) groups is 1. The maximum absolute atomic E-state index is 9.95. The number of hydrogen-bond acceptors (Lipinski definition) is 3. The zero-order valence-corrected chi connectivity index (χ0v) is 5.90. The van der Waals surface area contributed by atoms with Crippen LogP contribution in [0.5, 0.6) is 11.8 Å². The van der Waals surface area contributed by atoms with Gasteiger partial charge in [-0.25, -0.2) is 0 Å². The Bertz CT molecular complexity index is 235. The Morgan fingerprint density at radius 1 is 1.36 bits per heavy atom. The average molecular weight is 155 g/mol. The van der Waals surface area contributed by atoms with Crippen LogP contribution in [0.4, 0.5) is 0 Å². The van der Waals surface area contributed by atoms with Crippen molar-refractivity contribution >= 4 is 6.29 Å². The van der Waals surface area contributed by atoms with Gasteiger partial charge in [0.1, 0.15) is 6.29 Å². The molecule has 0 spiro atoms. The van der Waals surface area contributed by atoms with Crippen molar-refractivity contribution in [3.8, 4) is 11.8 Å². The van der Waals surface area contributed by atoms with Crippen LogP contribution in [0, 0.1) is 0 Å². The first-order valence-electron chi connectivity index (χ1n) is 3.27. The van der Waals surface area contributed by atoms with Gasteiger partial charge in [-0.1, -0.05) is 0 Å². The molecule has 0 unspecified atom stereocenters. The summed E-state index contributed by atoms with van der Waals surface area (Å²) in [6.07, 6.45) is 1.02. The summed E-state index contributed by atoms with van der Waals surface area (Å²) < 4.78 is 1.26. The van der Waals surface area contributed by atoms with Crippen LogP contribution in [-0.2, 0) is 11.3 Å². The summed E-state index contributed by atoms with van der Waals surface area (Å²) in [6, 6.07) is 2.75. The molecule has 0 saturated heterocycles. The van der Waals surface area contributed by atoms with E-state index in [4.69, 9.17) is 10.2 Å². The minimum Gasteiger partial charge on any atom is -0.494 e. The van der Waals surface area contributed by atoms with Crippen LogP contribution in [0.15, 0.2) is 12.1 Å². The van der Waals surface area contributed by atoms with Crippen molar-refractivity contribution in [1.82, 2.24) is 4.57 Å². The van der Waals surface area contributed by atoms with E-state index in [9.17, 15) is 4.79 Å². The average Bonchev–Trinajstić information content (AvgIpc) is 2.29. The van der Waals surface area contributed by atoms with Crippen LogP contribution in [0.3, 0.4) is 0 Å². The van der Waals surface area contributed by atoms with Gasteiger partial charge in [0.2, 0.25) is 0 Å². The molecular weight excluding hydrogens is 146 g/mol. The first-order chi connectivity index (χ1) is 5.25. The molecule has 2 N–H and O–H groups in total. The van der Waals surface area contributed by atoms with Gasteiger partial charge >= 0.3 is 0 Å². The Hall–Kier alpha value is -1.45. The van der Waals surface area contributed by atoms with Crippen LogP contribution in [0.1, 0.15) is 6.42 Å². The Morgan fingerprint density at radius 2 is 1.91 bits per heavy atom. The standard InChI is InChI=1S/C7H9NO3/c9-5-1-4-8-6(10)2-3-7(8)11/h2-3,5,10-11H,1,4H2. The second-order valence-corrected chi connectivity index (χ2v) is 2.16. The van der Waals surface area contributed by atoms with E-state index >= 15 is 0 Å². The van der Waals surface area contributed by atoms with Gasteiger partial charge in [0.05, 0.1) is 0 Å². The van der Waals surface area contributed by atoms with E-state index in [1.807, 2.05) is 0 Å². The molecule has 0 aromatic carbocycles. The van der Waals surface area contributed by atoms with Gasteiger partial charge in [-0.15, -0.1) is 0 Å². The highest BCUT2D eigenvalue weighted by molar-refractivity contribution is 5.49. The summed E-state index contributed by atoms with van der Waals surface area (Å²) in [5, 5.41) is 18.1. The van der Waals surface area contributed by atoms with Gasteiger partial charge in [-0.05, 0) is 0 Å². The first kappa shape index (κ1) is 7.65. The van der Waals surface area contributed by atoms with Crippen molar-refractivity contribution in [2.45, 2.75) is 13.0 Å². The quantitative estimate of drug-likeness (QED) is 0.624. The summed E-state index contributed by atoms with van der Waals surface area (Å²) in [6.45, 7) is 0.314. The number of rotatable bonds is 3. The Labute approximate surface area is 63.7 Å². The summed E-state index contributed by atoms with van der Waals surface area (Å²) in [7, 11) is 0. The molecule has 0 amide bonds. The number of hydrogen-bond donors (Lipinski definition) is 2. The molecule has 4 nitrogen and oxygen atoms in total. The lowest BCUT2D eigenvalue weighted by Crippen LogP contribution is -1.96. The van der Waals surface area contributed by atoms with E-state index in [0.29, 0.717) is 6.54 Å². The summed E-state index contributed by atoms with van der Waals surface area (Å²) in [5.41, 5.74) is 0. The van der Waals surface area contributed by atoms with E-state index in [2.05, 4.69) is 0 Å². The van der Waals surface area contributed by atoms with Gasteiger partial charge in [-0.2, -0.15) is 0 Å². The minimum absolute atomic E-state index is 0.0237. The highest BCUT2D eigenvalue weighted by Crippen LogP contribution is 2.20. The molecule has 1 heterocycles. The number of nitrogens with zero attached hydrogens (tertiary/aromatic N) is 1. The summed E-state index contributed by atoms with van der Waals surface area (Å²) in [5.74, 6) is -0.0475. The van der Waals surface area contributed by atoms with E-state index in [0.717, 1.165) is 6.29 Å². The van der Waals surface area contributed by atoms with E-state index in [-0.39, 0.29) is 18.2 Å². The van der Waals surface area contributed by atoms with Gasteiger partial charge in [0.25, 0.3) is 0 Å². The number of aromatic hydroxyl groups is 2. The Balaban J connectivity index is 2.74. The second-order valence-electron chi connectivity index (χ2n) is 2.16. The van der Waals surface area contributed by atoms with Crippen molar-refractivity contribution in [2.24, 2.45) is 0 Å². The largest absolute Gasteiger partial charge is 0.494 e. The fourth-order valence-electron chi connectivity index (χ4n) is 0.857. The van der Waals surface area contributed by atoms with Crippen molar-refractivity contribution in [3.05, 3.63) is 12.1 Å². The first-order valence-corrected chi connectivity index (χ1v) is 3.27. The molecule has 0 fully saturated rings. The smallest absolute Gasteiger partial charge is 0.193 e. The third-order valence-electron chi connectivity index (χ3n) is 1.41. The van der Waals surface area contributed by atoms with Crippen LogP contribution >= 0.6 is 0 Å². The second kappa shape index (κ2) is 3.09. The number of aldehydes is 1. The molecule has 0 aliphatic rings. The molecular formula is C7H9NO3. The van der Waals surface area contributed by atoms with Gasteiger partial charge in [0.15, 0.2) is 11.8 Å². The van der Waals surface area contributed by atoms with Crippen molar-refractivity contribution < 1.29 is 15.0 Å². The van der Waals surface area contributed by atoms with Crippen LogP contribution in [0.2, 0.25) is 0 Å². The molecule has 1 rings (SSSR count). The molecule has 1 aromatic rings. The Morgan fingerprint density at radius 3 is 2.36 bits per heavy atom. The fourth-order valence-corrected chi connectivity index (χ4v) is 0.857. The molecule has 0 bridgehead atoms. The van der Waals surface area contributed by atoms with E-state index in [1.54, 1.807) is 0 Å². The van der Waals surface area contributed by atoms with E-state index < -0.39 is 0 Å². The maximum Gasteiger partial charge on any atom is 0.193 e.